The number of hydrogen-bond donors (Lipinski definition) is 5. The third-order valence-corrected chi connectivity index (χ3v) is 9.90. The summed E-state index contributed by atoms with van der Waals surface area (Å²) in [6, 6.07) is 6.73. The van der Waals surface area contributed by atoms with E-state index in [1.165, 1.54) is 39.0 Å². The summed E-state index contributed by atoms with van der Waals surface area (Å²) in [5.74, 6) is -1.57. The number of ketones is 2. The van der Waals surface area contributed by atoms with Gasteiger partial charge >= 0.3 is 6.01 Å². The Kier molecular flexibility index (Phi) is 9.66. The molecule has 49 heavy (non-hydrogen) atoms. The topological polar surface area (TPSA) is 250 Å². The molecule has 5 rings (SSSR count). The van der Waals surface area contributed by atoms with Crippen molar-refractivity contribution in [2.45, 2.75) is 37.5 Å². The third kappa shape index (κ3) is 6.78. The summed E-state index contributed by atoms with van der Waals surface area (Å²) in [6.45, 7) is 6.81. The molecule has 0 saturated heterocycles. The molecule has 1 aliphatic carbocycles. The average molecular weight is 733 g/mol. The predicted molar refractivity (Wildman–Crippen MR) is 178 cm³/mol. The summed E-state index contributed by atoms with van der Waals surface area (Å²) in [4.78, 5) is 37.5. The van der Waals surface area contributed by atoms with Gasteiger partial charge < -0.3 is 25.8 Å². The predicted octanol–water partition coefficient (Wildman–Crippen LogP) is 4.20. The Morgan fingerprint density at radius 2 is 1.41 bits per heavy atom. The van der Waals surface area contributed by atoms with Gasteiger partial charge in [-0.05, 0) is 62.1 Å². The third-order valence-electron chi connectivity index (χ3n) is 7.65. The minimum absolute atomic E-state index is 0.00582. The molecule has 4 aromatic rings. The van der Waals surface area contributed by atoms with Crippen LogP contribution in [-0.2, 0) is 25.0 Å². The maximum absolute atomic E-state index is 13.5. The highest BCUT2D eigenvalue weighted by molar-refractivity contribution is 7.86. The molecule has 258 valence electrons. The second-order valence-corrected chi connectivity index (χ2v) is 13.8. The van der Waals surface area contributed by atoms with Crippen molar-refractivity contribution < 1.29 is 45.0 Å². The summed E-state index contributed by atoms with van der Waals surface area (Å²) in [5, 5.41) is 5.36. The van der Waals surface area contributed by atoms with Gasteiger partial charge in [-0.2, -0.15) is 31.8 Å². The number of carbonyl (C=O) groups is 2. The van der Waals surface area contributed by atoms with Gasteiger partial charge in [0.1, 0.15) is 16.4 Å². The van der Waals surface area contributed by atoms with Gasteiger partial charge in [0.25, 0.3) is 20.2 Å². The molecule has 1 aliphatic rings. The molecular formula is C30H29ClN6O10S2. The van der Waals surface area contributed by atoms with Gasteiger partial charge in [0.2, 0.25) is 11.2 Å². The van der Waals surface area contributed by atoms with Crippen LogP contribution in [0.25, 0.3) is 0 Å². The minimum atomic E-state index is -5.19. The largest absolute Gasteiger partial charge is 0.461 e. The zero-order valence-corrected chi connectivity index (χ0v) is 28.7. The Hall–Kier alpha value is -4.72. The van der Waals surface area contributed by atoms with Crippen molar-refractivity contribution in [2.24, 2.45) is 0 Å². The molecule has 0 unspecified atom stereocenters. The lowest BCUT2D eigenvalue weighted by Crippen LogP contribution is -2.24. The van der Waals surface area contributed by atoms with Crippen molar-refractivity contribution >= 4 is 72.1 Å². The number of hydrogen-bond acceptors (Lipinski definition) is 14. The number of nitrogens with two attached hydrogens (primary N) is 1. The number of benzene rings is 3. The quantitative estimate of drug-likeness (QED) is 0.0725. The van der Waals surface area contributed by atoms with Crippen molar-refractivity contribution in [1.82, 2.24) is 15.0 Å². The van der Waals surface area contributed by atoms with E-state index in [0.717, 1.165) is 6.07 Å². The Morgan fingerprint density at radius 3 is 2.00 bits per heavy atom. The lowest BCUT2D eigenvalue weighted by atomic mass is 9.83. The van der Waals surface area contributed by atoms with E-state index in [0.29, 0.717) is 6.61 Å². The first kappa shape index (κ1) is 35.6. The number of carbonyl (C=O) groups excluding carboxylic acids is 2. The van der Waals surface area contributed by atoms with E-state index < -0.39 is 58.5 Å². The molecule has 0 amide bonds. The van der Waals surface area contributed by atoms with Crippen LogP contribution in [0.4, 0.5) is 28.7 Å². The van der Waals surface area contributed by atoms with Crippen LogP contribution < -0.4 is 21.1 Å². The minimum Gasteiger partial charge on any atom is -0.461 e. The fourth-order valence-corrected chi connectivity index (χ4v) is 7.53. The van der Waals surface area contributed by atoms with Crippen LogP contribution >= 0.6 is 11.6 Å². The van der Waals surface area contributed by atoms with E-state index in [-0.39, 0.29) is 75.2 Å². The van der Waals surface area contributed by atoms with Crippen molar-refractivity contribution in [3.63, 3.8) is 0 Å². The van der Waals surface area contributed by atoms with E-state index >= 15 is 0 Å². The molecule has 3 aromatic carbocycles. The first-order valence-electron chi connectivity index (χ1n) is 14.3. The van der Waals surface area contributed by atoms with Crippen LogP contribution in [0.1, 0.15) is 55.5 Å². The molecule has 0 fully saturated rings. The Morgan fingerprint density at radius 1 is 0.816 bits per heavy atom. The van der Waals surface area contributed by atoms with Gasteiger partial charge in [-0.25, -0.2) is 0 Å². The van der Waals surface area contributed by atoms with E-state index in [2.05, 4.69) is 25.6 Å². The summed E-state index contributed by atoms with van der Waals surface area (Å²) >= 11 is 6.08. The van der Waals surface area contributed by atoms with E-state index in [4.69, 9.17) is 26.8 Å². The number of anilines is 5. The van der Waals surface area contributed by atoms with Crippen LogP contribution in [0.3, 0.4) is 0 Å². The van der Waals surface area contributed by atoms with Crippen LogP contribution in [0.5, 0.6) is 6.01 Å². The molecule has 0 saturated carbocycles. The van der Waals surface area contributed by atoms with Crippen LogP contribution in [0, 0.1) is 20.8 Å². The van der Waals surface area contributed by atoms with Gasteiger partial charge in [0, 0.05) is 29.0 Å². The summed E-state index contributed by atoms with van der Waals surface area (Å²) in [7, 11) is -10.1. The van der Waals surface area contributed by atoms with Crippen LogP contribution in [0.2, 0.25) is 5.28 Å². The van der Waals surface area contributed by atoms with Crippen LogP contribution in [0.15, 0.2) is 40.1 Å². The van der Waals surface area contributed by atoms with Gasteiger partial charge in [-0.15, -0.1) is 0 Å². The van der Waals surface area contributed by atoms with Crippen LogP contribution in [-0.4, -0.2) is 72.3 Å². The molecule has 0 spiro atoms. The number of ether oxygens (including phenoxy) is 2. The number of nitrogens with zero attached hydrogens (tertiary/aromatic N) is 3. The summed E-state index contributed by atoms with van der Waals surface area (Å²) in [5.41, 5.74) is 4.49. The average Bonchev–Trinajstić information content (AvgIpc) is 3.00. The molecular weight excluding hydrogens is 704 g/mol. The molecule has 1 heterocycles. The zero-order valence-electron chi connectivity index (χ0n) is 26.3. The Balaban J connectivity index is 1.70. The van der Waals surface area contributed by atoms with Gasteiger partial charge in [0.05, 0.1) is 29.2 Å². The number of halogens is 1. The fraction of sp³-hybridized carbons (Fsp3) is 0.233. The lowest BCUT2D eigenvalue weighted by Gasteiger charge is -2.25. The number of nitrogen functional groups attached to an aromatic ring is 1. The SMILES string of the molecule is CCOCCOc1nc(Cl)nc(Nc2c(C)c(Nc3cc4c(c(N)c3S(=O)(=O)O)C(=O)c3ccccc3C4=O)c(C)c(S(=O)(=O)O)c2C)n1. The second-order valence-electron chi connectivity index (χ2n) is 10.7. The van der Waals surface area contributed by atoms with E-state index in [1.54, 1.807) is 6.07 Å². The molecule has 1 aromatic heterocycles. The first-order chi connectivity index (χ1) is 22.9. The van der Waals surface area contributed by atoms with Gasteiger partial charge in [0.15, 0.2) is 11.6 Å². The smallest absolute Gasteiger partial charge is 0.322 e. The highest BCUT2D eigenvalue weighted by atomic mass is 35.5. The molecule has 0 atom stereocenters. The van der Waals surface area contributed by atoms with Gasteiger partial charge in [-0.3, -0.25) is 18.7 Å². The fourth-order valence-electron chi connectivity index (χ4n) is 5.63. The van der Waals surface area contributed by atoms with E-state index in [9.17, 15) is 35.5 Å². The number of fused-ring (bicyclic) bond motifs is 2. The van der Waals surface area contributed by atoms with E-state index in [1.807, 2.05) is 6.92 Å². The standard InChI is InChI=1S/C30H29ClN6O10S2/c1-5-46-10-11-47-30-36-28(31)35-29(37-30)34-23-13(2)22(14(3)26(15(23)4)48(40,41)42)33-19-12-18-20(21(32)27(19)49(43,44)45)25(39)17-9-7-6-8-16(17)24(18)38/h6-9,12,33H,5,10-11,32H2,1-4H3,(H,40,41,42)(H,43,44,45)(H,34,35,36,37). The maximum Gasteiger partial charge on any atom is 0.322 e. The van der Waals surface area contributed by atoms with Crippen molar-refractivity contribution in [2.75, 3.05) is 36.2 Å². The van der Waals surface area contributed by atoms with Crippen molar-refractivity contribution in [3.05, 3.63) is 74.6 Å². The molecule has 16 nitrogen and oxygen atoms in total. The Bertz CT molecular complexity index is 2280. The number of aromatic nitrogens is 3. The molecule has 19 heteroatoms. The number of rotatable bonds is 11. The molecule has 0 aliphatic heterocycles. The lowest BCUT2D eigenvalue weighted by molar-refractivity contribution is 0.0979. The molecule has 6 N–H and O–H groups in total. The molecule has 0 bridgehead atoms. The molecule has 0 radical (unpaired) electrons. The Labute approximate surface area is 285 Å². The highest BCUT2D eigenvalue weighted by Gasteiger charge is 2.36. The summed E-state index contributed by atoms with van der Waals surface area (Å²) < 4.78 is 82.2. The number of nitrogens with one attached hydrogen (secondary N) is 2. The normalized spacial score (nSPS) is 12.8. The van der Waals surface area contributed by atoms with Crippen molar-refractivity contribution in [3.8, 4) is 6.01 Å². The second kappa shape index (κ2) is 13.3. The van der Waals surface area contributed by atoms with Gasteiger partial charge in [-0.1, -0.05) is 24.3 Å². The zero-order chi connectivity index (χ0) is 36.0. The highest BCUT2D eigenvalue weighted by Crippen LogP contribution is 2.44. The first-order valence-corrected chi connectivity index (χ1v) is 17.6. The summed E-state index contributed by atoms with van der Waals surface area (Å²) in [6.07, 6.45) is 0. The maximum atomic E-state index is 13.5. The monoisotopic (exact) mass is 732 g/mol. The van der Waals surface area contributed by atoms with Crippen molar-refractivity contribution in [1.29, 1.82) is 0 Å².